The summed E-state index contributed by atoms with van der Waals surface area (Å²) in [7, 11) is 0. The number of benzene rings is 1. The van der Waals surface area contributed by atoms with Crippen LogP contribution in [0.25, 0.3) is 0 Å². The van der Waals surface area contributed by atoms with Gasteiger partial charge in [0.05, 0.1) is 12.1 Å². The Labute approximate surface area is 107 Å². The molecule has 0 unspecified atom stereocenters. The maximum Gasteiger partial charge on any atom is 0.253 e. The first kappa shape index (κ1) is 11.5. The number of carbonyl (C=O) groups is 1. The van der Waals surface area contributed by atoms with Crippen molar-refractivity contribution in [1.82, 2.24) is 0 Å². The van der Waals surface area contributed by atoms with Gasteiger partial charge < -0.3 is 0 Å². The minimum Gasteiger partial charge on any atom is -0.272 e. The first-order valence-electron chi connectivity index (χ1n) is 6.43. The van der Waals surface area contributed by atoms with Crippen molar-refractivity contribution in [3.63, 3.8) is 0 Å². The van der Waals surface area contributed by atoms with Crippen LogP contribution in [0.3, 0.4) is 0 Å². The van der Waals surface area contributed by atoms with Gasteiger partial charge in [-0.1, -0.05) is 19.9 Å². The highest BCUT2D eigenvalue weighted by Gasteiger charge is 2.30. The van der Waals surface area contributed by atoms with E-state index in [0.29, 0.717) is 11.8 Å². The summed E-state index contributed by atoms with van der Waals surface area (Å²) in [6.07, 6.45) is 2.66. The molecule has 2 aliphatic rings. The van der Waals surface area contributed by atoms with E-state index in [1.807, 2.05) is 13.0 Å². The van der Waals surface area contributed by atoms with E-state index in [4.69, 9.17) is 0 Å². The summed E-state index contributed by atoms with van der Waals surface area (Å²) >= 11 is 0. The lowest BCUT2D eigenvalue weighted by atomic mass is 9.90. The van der Waals surface area contributed by atoms with Crippen LogP contribution in [-0.4, -0.2) is 11.6 Å². The van der Waals surface area contributed by atoms with Gasteiger partial charge in [0.15, 0.2) is 0 Å². The molecule has 0 bridgehead atoms. The third kappa shape index (κ3) is 1.84. The molecule has 0 atom stereocenters. The van der Waals surface area contributed by atoms with Gasteiger partial charge in [0.25, 0.3) is 5.91 Å². The summed E-state index contributed by atoms with van der Waals surface area (Å²) in [5.41, 5.74) is 4.92. The van der Waals surface area contributed by atoms with Crippen LogP contribution < -0.4 is 5.01 Å². The normalized spacial score (nSPS) is 21.2. The first-order valence-corrected chi connectivity index (χ1v) is 6.43. The number of hydrogen-bond acceptors (Lipinski definition) is 2. The first-order chi connectivity index (χ1) is 8.44. The van der Waals surface area contributed by atoms with Crippen LogP contribution in [0.1, 0.15) is 38.3 Å². The van der Waals surface area contributed by atoms with Crippen LogP contribution in [0, 0.1) is 5.41 Å². The number of carbonyl (C=O) groups excluding carboxylic acids is 1. The molecule has 0 saturated heterocycles. The molecule has 1 aromatic carbocycles. The molecule has 0 aromatic heterocycles. The van der Waals surface area contributed by atoms with Crippen LogP contribution in [0.15, 0.2) is 23.3 Å². The Kier molecular flexibility index (Phi) is 2.34. The Morgan fingerprint density at radius 1 is 1.22 bits per heavy atom. The van der Waals surface area contributed by atoms with Crippen molar-refractivity contribution in [2.24, 2.45) is 10.5 Å². The predicted octanol–water partition coefficient (Wildman–Crippen LogP) is 2.92. The molecule has 1 aliphatic carbocycles. The lowest BCUT2D eigenvalue weighted by molar-refractivity contribution is -0.116. The number of anilines is 1. The number of hydrazone groups is 1. The lowest BCUT2D eigenvalue weighted by Crippen LogP contribution is -2.19. The van der Waals surface area contributed by atoms with Gasteiger partial charge in [-0.2, -0.15) is 5.10 Å². The Bertz CT molecular complexity index is 558. The van der Waals surface area contributed by atoms with E-state index >= 15 is 0 Å². The van der Waals surface area contributed by atoms with E-state index in [9.17, 15) is 4.79 Å². The zero-order chi connectivity index (χ0) is 12.9. The number of hydrogen-bond donors (Lipinski definition) is 0. The van der Waals surface area contributed by atoms with Gasteiger partial charge >= 0.3 is 0 Å². The number of amides is 1. The second-order valence-electron chi connectivity index (χ2n) is 6.19. The number of fused-ring (bicyclic) bond motifs is 1. The van der Waals surface area contributed by atoms with Crippen LogP contribution in [0.4, 0.5) is 5.69 Å². The monoisotopic (exact) mass is 242 g/mol. The van der Waals surface area contributed by atoms with Crippen LogP contribution in [0.2, 0.25) is 0 Å². The summed E-state index contributed by atoms with van der Waals surface area (Å²) in [6, 6.07) is 6.29. The highest BCUT2D eigenvalue weighted by atomic mass is 16.2. The Morgan fingerprint density at radius 3 is 2.61 bits per heavy atom. The Hall–Kier alpha value is -1.64. The van der Waals surface area contributed by atoms with Gasteiger partial charge in [0.2, 0.25) is 0 Å². The molecule has 0 spiro atoms. The van der Waals surface area contributed by atoms with Crippen molar-refractivity contribution < 1.29 is 4.79 Å². The molecule has 1 aromatic rings. The highest BCUT2D eigenvalue weighted by molar-refractivity contribution is 6.12. The molecule has 1 heterocycles. The van der Waals surface area contributed by atoms with Crippen molar-refractivity contribution in [1.29, 1.82) is 0 Å². The van der Waals surface area contributed by atoms with E-state index in [1.165, 1.54) is 11.1 Å². The zero-order valence-corrected chi connectivity index (χ0v) is 11.2. The fourth-order valence-electron chi connectivity index (χ4n) is 2.93. The van der Waals surface area contributed by atoms with E-state index in [-0.39, 0.29) is 5.91 Å². The van der Waals surface area contributed by atoms with Crippen molar-refractivity contribution in [2.75, 3.05) is 5.01 Å². The van der Waals surface area contributed by atoms with E-state index in [2.05, 4.69) is 31.1 Å². The molecule has 0 radical (unpaired) electrons. The van der Waals surface area contributed by atoms with Crippen molar-refractivity contribution in [2.45, 2.75) is 40.0 Å². The van der Waals surface area contributed by atoms with Gasteiger partial charge in [0.1, 0.15) is 0 Å². The van der Waals surface area contributed by atoms with Gasteiger partial charge in [-0.15, -0.1) is 0 Å². The number of nitrogens with zero attached hydrogens (tertiary/aromatic N) is 2. The average Bonchev–Trinajstić information content (AvgIpc) is 2.74. The Balaban J connectivity index is 1.96. The minimum atomic E-state index is 0.0738. The number of rotatable bonds is 1. The van der Waals surface area contributed by atoms with Crippen LogP contribution in [-0.2, 0) is 17.6 Å². The fraction of sp³-hybridized carbons (Fsp3) is 0.467. The minimum absolute atomic E-state index is 0.0738. The molecule has 3 rings (SSSR count). The Morgan fingerprint density at radius 2 is 1.94 bits per heavy atom. The summed E-state index contributed by atoms with van der Waals surface area (Å²) in [4.78, 5) is 11.8. The standard InChI is InChI=1S/C15H18N2O/c1-10-6-14(18)17(16-10)13-5-4-11-8-15(2,3)9-12(11)7-13/h4-5,7H,6,8-9H2,1-3H3. The van der Waals surface area contributed by atoms with Crippen molar-refractivity contribution in [3.8, 4) is 0 Å². The van der Waals surface area contributed by atoms with E-state index in [1.54, 1.807) is 5.01 Å². The fourth-order valence-corrected chi connectivity index (χ4v) is 2.93. The topological polar surface area (TPSA) is 32.7 Å². The van der Waals surface area contributed by atoms with E-state index < -0.39 is 0 Å². The molecular formula is C15H18N2O. The van der Waals surface area contributed by atoms with Gasteiger partial charge in [-0.3, -0.25) is 4.79 Å². The summed E-state index contributed by atoms with van der Waals surface area (Å²) in [6.45, 7) is 6.47. The van der Waals surface area contributed by atoms with Crippen molar-refractivity contribution in [3.05, 3.63) is 29.3 Å². The smallest absolute Gasteiger partial charge is 0.253 e. The third-order valence-corrected chi connectivity index (χ3v) is 3.69. The molecule has 0 N–H and O–H groups in total. The largest absolute Gasteiger partial charge is 0.272 e. The molecule has 0 fully saturated rings. The second kappa shape index (κ2) is 3.67. The van der Waals surface area contributed by atoms with Crippen molar-refractivity contribution >= 4 is 17.3 Å². The molecule has 3 heteroatoms. The van der Waals surface area contributed by atoms with Gasteiger partial charge in [-0.05, 0) is 48.4 Å². The maximum atomic E-state index is 11.8. The molecule has 0 saturated carbocycles. The average molecular weight is 242 g/mol. The van der Waals surface area contributed by atoms with E-state index in [0.717, 1.165) is 24.2 Å². The SMILES string of the molecule is CC1=NN(c2ccc3c(c2)CC(C)(C)C3)C(=O)C1. The maximum absolute atomic E-state index is 11.8. The molecular weight excluding hydrogens is 224 g/mol. The second-order valence-corrected chi connectivity index (χ2v) is 6.19. The summed E-state index contributed by atoms with van der Waals surface area (Å²) in [5, 5.41) is 5.84. The molecule has 1 amide bonds. The molecule has 1 aliphatic heterocycles. The quantitative estimate of drug-likeness (QED) is 0.745. The van der Waals surface area contributed by atoms with Gasteiger partial charge in [-0.25, -0.2) is 5.01 Å². The lowest BCUT2D eigenvalue weighted by Gasteiger charge is -2.15. The molecule has 3 nitrogen and oxygen atoms in total. The van der Waals surface area contributed by atoms with Crippen LogP contribution >= 0.6 is 0 Å². The van der Waals surface area contributed by atoms with Gasteiger partial charge in [0, 0.05) is 5.71 Å². The summed E-state index contributed by atoms with van der Waals surface area (Å²) < 4.78 is 0. The predicted molar refractivity (Wildman–Crippen MR) is 72.8 cm³/mol. The highest BCUT2D eigenvalue weighted by Crippen LogP contribution is 2.38. The molecule has 18 heavy (non-hydrogen) atoms. The third-order valence-electron chi connectivity index (χ3n) is 3.69. The zero-order valence-electron chi connectivity index (χ0n) is 11.2. The van der Waals surface area contributed by atoms with Crippen LogP contribution in [0.5, 0.6) is 0 Å². The molecule has 94 valence electrons. The summed E-state index contributed by atoms with van der Waals surface area (Å²) in [5.74, 6) is 0.0738.